The van der Waals surface area contributed by atoms with E-state index in [1.165, 1.54) is 23.1 Å². The number of amides is 2. The number of rotatable bonds is 8. The Bertz CT molecular complexity index is 1080. The van der Waals surface area contributed by atoms with Crippen LogP contribution in [0.4, 0.5) is 5.00 Å². The van der Waals surface area contributed by atoms with Gasteiger partial charge in [-0.15, -0.1) is 21.5 Å². The molecule has 3 rings (SSSR count). The number of aromatic nitrogens is 3. The van der Waals surface area contributed by atoms with E-state index in [1.54, 1.807) is 29.6 Å². The molecular weight excluding hydrogens is 465 g/mol. The summed E-state index contributed by atoms with van der Waals surface area (Å²) in [7, 11) is 0. The van der Waals surface area contributed by atoms with Crippen molar-refractivity contribution < 1.29 is 9.59 Å². The number of hydrogen-bond acceptors (Lipinski definition) is 6. The Balaban J connectivity index is 1.78. The van der Waals surface area contributed by atoms with Gasteiger partial charge in [0.1, 0.15) is 5.00 Å². The molecule has 0 aliphatic heterocycles. The number of nitrogens with one attached hydrogen (secondary N) is 1. The first kappa shape index (κ1) is 22.6. The molecule has 11 heteroatoms. The summed E-state index contributed by atoms with van der Waals surface area (Å²) in [5.74, 6) is 0.182. The van der Waals surface area contributed by atoms with E-state index < -0.39 is 5.91 Å². The van der Waals surface area contributed by atoms with Crippen LogP contribution in [0.2, 0.25) is 10.0 Å². The van der Waals surface area contributed by atoms with Crippen LogP contribution in [0.5, 0.6) is 0 Å². The van der Waals surface area contributed by atoms with Crippen LogP contribution in [-0.2, 0) is 11.3 Å². The lowest BCUT2D eigenvalue weighted by molar-refractivity contribution is -0.113. The van der Waals surface area contributed by atoms with Crippen LogP contribution < -0.4 is 11.1 Å². The highest BCUT2D eigenvalue weighted by atomic mass is 35.5. The van der Waals surface area contributed by atoms with Gasteiger partial charge in [0, 0.05) is 17.1 Å². The lowest BCUT2D eigenvalue weighted by Gasteiger charge is -2.13. The molecule has 0 saturated heterocycles. The maximum Gasteiger partial charge on any atom is 0.251 e. The van der Waals surface area contributed by atoms with Crippen LogP contribution in [0.3, 0.4) is 0 Å². The van der Waals surface area contributed by atoms with Crippen LogP contribution in [0.1, 0.15) is 24.2 Å². The summed E-state index contributed by atoms with van der Waals surface area (Å²) < 4.78 is 1.94. The molecule has 0 aliphatic carbocycles. The van der Waals surface area contributed by atoms with Crippen LogP contribution in [0.25, 0.3) is 11.4 Å². The summed E-state index contributed by atoms with van der Waals surface area (Å²) >= 11 is 14.9. The van der Waals surface area contributed by atoms with E-state index in [0.29, 0.717) is 44.1 Å². The summed E-state index contributed by atoms with van der Waals surface area (Å²) in [5, 5.41) is 15.0. The van der Waals surface area contributed by atoms with Crippen LogP contribution >= 0.6 is 46.3 Å². The molecule has 1 aromatic carbocycles. The highest BCUT2D eigenvalue weighted by molar-refractivity contribution is 7.99. The molecule has 30 heavy (non-hydrogen) atoms. The highest BCUT2D eigenvalue weighted by Crippen LogP contribution is 2.32. The molecule has 0 aliphatic rings. The van der Waals surface area contributed by atoms with Gasteiger partial charge >= 0.3 is 0 Å². The fourth-order valence-electron chi connectivity index (χ4n) is 2.69. The smallest absolute Gasteiger partial charge is 0.251 e. The van der Waals surface area contributed by atoms with E-state index in [4.69, 9.17) is 28.9 Å². The summed E-state index contributed by atoms with van der Waals surface area (Å²) in [6.07, 6.45) is 0. The SMILES string of the molecule is CC(C)Cn1c(SCC(=O)Nc2sccc2C(N)=O)nnc1-c1ccc(Cl)cc1Cl. The van der Waals surface area contributed by atoms with Crippen molar-refractivity contribution in [2.45, 2.75) is 25.5 Å². The Morgan fingerprint density at radius 1 is 1.27 bits per heavy atom. The molecular formula is C19H19Cl2N5O2S2. The third-order valence-electron chi connectivity index (χ3n) is 3.95. The third-order valence-corrected chi connectivity index (χ3v) is 6.30. The number of carbonyl (C=O) groups excluding carboxylic acids is 2. The van der Waals surface area contributed by atoms with Crippen molar-refractivity contribution in [3.8, 4) is 11.4 Å². The monoisotopic (exact) mass is 483 g/mol. The molecule has 7 nitrogen and oxygen atoms in total. The minimum absolute atomic E-state index is 0.0979. The molecule has 0 spiro atoms. The van der Waals surface area contributed by atoms with Gasteiger partial charge in [-0.3, -0.25) is 9.59 Å². The van der Waals surface area contributed by atoms with E-state index in [1.807, 2.05) is 4.57 Å². The number of anilines is 1. The normalized spacial score (nSPS) is 11.1. The second kappa shape index (κ2) is 9.82. The minimum atomic E-state index is -0.583. The predicted molar refractivity (Wildman–Crippen MR) is 123 cm³/mol. The molecule has 0 fully saturated rings. The van der Waals surface area contributed by atoms with Crippen molar-refractivity contribution in [2.24, 2.45) is 11.7 Å². The second-order valence-electron chi connectivity index (χ2n) is 6.80. The van der Waals surface area contributed by atoms with E-state index in [9.17, 15) is 9.59 Å². The zero-order chi connectivity index (χ0) is 21.8. The van der Waals surface area contributed by atoms with Gasteiger partial charge in [0.2, 0.25) is 5.91 Å². The highest BCUT2D eigenvalue weighted by Gasteiger charge is 2.19. The average Bonchev–Trinajstić information content (AvgIpc) is 3.27. The Kier molecular flexibility index (Phi) is 7.41. The third kappa shape index (κ3) is 5.34. The largest absolute Gasteiger partial charge is 0.366 e. The van der Waals surface area contributed by atoms with Crippen molar-refractivity contribution in [2.75, 3.05) is 11.1 Å². The second-order valence-corrected chi connectivity index (χ2v) is 9.50. The summed E-state index contributed by atoms with van der Waals surface area (Å²) in [6.45, 7) is 4.81. The molecule has 2 heterocycles. The van der Waals surface area contributed by atoms with E-state index in [0.717, 1.165) is 5.56 Å². The zero-order valence-corrected chi connectivity index (χ0v) is 19.3. The van der Waals surface area contributed by atoms with E-state index >= 15 is 0 Å². The van der Waals surface area contributed by atoms with Gasteiger partial charge in [-0.25, -0.2) is 0 Å². The Morgan fingerprint density at radius 2 is 2.03 bits per heavy atom. The zero-order valence-electron chi connectivity index (χ0n) is 16.2. The fourth-order valence-corrected chi connectivity index (χ4v) is 4.74. The number of nitrogens with two attached hydrogens (primary N) is 1. The molecule has 3 aromatic rings. The van der Waals surface area contributed by atoms with Gasteiger partial charge in [-0.2, -0.15) is 0 Å². The summed E-state index contributed by atoms with van der Waals surface area (Å²) in [5.41, 5.74) is 6.33. The molecule has 0 saturated carbocycles. The number of benzene rings is 1. The van der Waals surface area contributed by atoms with Gasteiger partial charge in [-0.05, 0) is 35.6 Å². The molecule has 0 bridgehead atoms. The lowest BCUT2D eigenvalue weighted by atomic mass is 10.2. The van der Waals surface area contributed by atoms with Crippen LogP contribution in [-0.4, -0.2) is 32.3 Å². The van der Waals surface area contributed by atoms with Gasteiger partial charge in [0.15, 0.2) is 11.0 Å². The number of halogens is 2. The number of thiophene rings is 1. The standard InChI is InChI=1S/C19H19Cl2N5O2S2/c1-10(2)8-26-17(12-4-3-11(20)7-14(12)21)24-25-19(26)30-9-15(27)23-18-13(16(22)28)5-6-29-18/h3-7,10H,8-9H2,1-2H3,(H2,22,28)(H,23,27). The van der Waals surface area contributed by atoms with Crippen LogP contribution in [0, 0.1) is 5.92 Å². The topological polar surface area (TPSA) is 103 Å². The van der Waals surface area contributed by atoms with Crippen molar-refractivity contribution in [1.29, 1.82) is 0 Å². The first-order valence-corrected chi connectivity index (χ1v) is 11.6. The van der Waals surface area contributed by atoms with Crippen molar-refractivity contribution >= 4 is 63.1 Å². The Labute approximate surface area is 192 Å². The fraction of sp³-hybridized carbons (Fsp3) is 0.263. The van der Waals surface area contributed by atoms with Gasteiger partial charge < -0.3 is 15.6 Å². The van der Waals surface area contributed by atoms with Gasteiger partial charge in [0.05, 0.1) is 16.3 Å². The average molecular weight is 484 g/mol. The molecule has 2 amide bonds. The van der Waals surface area contributed by atoms with Gasteiger partial charge in [0.25, 0.3) is 5.91 Å². The summed E-state index contributed by atoms with van der Waals surface area (Å²) in [6, 6.07) is 6.78. The van der Waals surface area contributed by atoms with E-state index in [2.05, 4.69) is 29.4 Å². The number of hydrogen-bond donors (Lipinski definition) is 2. The summed E-state index contributed by atoms with van der Waals surface area (Å²) in [4.78, 5) is 23.8. The molecule has 2 aromatic heterocycles. The lowest BCUT2D eigenvalue weighted by Crippen LogP contribution is -2.18. The molecule has 0 atom stereocenters. The van der Waals surface area contributed by atoms with Gasteiger partial charge in [-0.1, -0.05) is 48.8 Å². The quantitative estimate of drug-likeness (QED) is 0.447. The maximum absolute atomic E-state index is 12.4. The van der Waals surface area contributed by atoms with E-state index in [-0.39, 0.29) is 11.7 Å². The first-order valence-electron chi connectivity index (χ1n) is 8.94. The number of nitrogens with zero attached hydrogens (tertiary/aromatic N) is 3. The molecule has 158 valence electrons. The molecule has 0 radical (unpaired) electrons. The first-order chi connectivity index (χ1) is 14.3. The minimum Gasteiger partial charge on any atom is -0.366 e. The number of primary amides is 1. The van der Waals surface area contributed by atoms with Crippen molar-refractivity contribution in [1.82, 2.24) is 14.8 Å². The Morgan fingerprint density at radius 3 is 2.70 bits per heavy atom. The maximum atomic E-state index is 12.4. The van der Waals surface area contributed by atoms with Crippen molar-refractivity contribution in [3.63, 3.8) is 0 Å². The predicted octanol–water partition coefficient (Wildman–Crippen LogP) is 4.80. The van der Waals surface area contributed by atoms with Crippen molar-refractivity contribution in [3.05, 3.63) is 45.3 Å². The molecule has 0 unspecified atom stereocenters. The molecule has 3 N–H and O–H groups in total. The van der Waals surface area contributed by atoms with Crippen LogP contribution in [0.15, 0.2) is 34.8 Å². The number of thioether (sulfide) groups is 1. The Hall–Kier alpha value is -2.07. The number of carbonyl (C=O) groups is 2.